The summed E-state index contributed by atoms with van der Waals surface area (Å²) in [5, 5.41) is 0. The van der Waals surface area contributed by atoms with Crippen molar-refractivity contribution < 1.29 is 90.3 Å². The van der Waals surface area contributed by atoms with E-state index >= 15 is 0 Å². The number of halogens is 15. The third kappa shape index (κ3) is 15.9. The second kappa shape index (κ2) is 12.0. The standard InChI is InChI=1S/C4H3F5O3.C3H2F6O.C3H2F4O/c1-11-2(10)3(5,6)4(7,8)12-9;4-2(5,6)1-3(7,8)10-9;4-2(8)1-3(5,6)7/h1H3;1H2;1H2. The third-order valence-corrected chi connectivity index (χ3v) is 1.76. The van der Waals surface area contributed by atoms with Gasteiger partial charge in [-0.25, -0.2) is 4.79 Å². The summed E-state index contributed by atoms with van der Waals surface area (Å²) >= 11 is 0. The van der Waals surface area contributed by atoms with Crippen LogP contribution in [-0.4, -0.2) is 49.6 Å². The van der Waals surface area contributed by atoms with Crippen molar-refractivity contribution in [3.8, 4) is 0 Å². The molecule has 0 radical (unpaired) electrons. The average molecular weight is 492 g/mol. The van der Waals surface area contributed by atoms with Gasteiger partial charge in [0.25, 0.3) is 0 Å². The van der Waals surface area contributed by atoms with E-state index in [0.717, 1.165) is 0 Å². The molecule has 0 aliphatic rings. The second-order valence-corrected chi connectivity index (χ2v) is 4.31. The van der Waals surface area contributed by atoms with Gasteiger partial charge >= 0.3 is 42.5 Å². The summed E-state index contributed by atoms with van der Waals surface area (Å²) in [5.74, 6) is -7.92. The molecule has 0 N–H and O–H groups in total. The summed E-state index contributed by atoms with van der Waals surface area (Å²) in [6, 6.07) is -2.35. The van der Waals surface area contributed by atoms with Crippen LogP contribution in [0.25, 0.3) is 0 Å². The number of esters is 1. The van der Waals surface area contributed by atoms with Gasteiger partial charge < -0.3 is 4.74 Å². The lowest BCUT2D eigenvalue weighted by Gasteiger charge is -2.18. The van der Waals surface area contributed by atoms with Gasteiger partial charge in [-0.2, -0.15) is 57.1 Å². The number of ether oxygens (including phenoxy) is 1. The molecule has 20 heteroatoms. The Kier molecular flexibility index (Phi) is 13.1. The van der Waals surface area contributed by atoms with Crippen molar-refractivity contribution in [2.45, 2.75) is 43.3 Å². The monoisotopic (exact) mass is 492 g/mol. The predicted molar refractivity (Wildman–Crippen MR) is 58.7 cm³/mol. The molecule has 182 valence electrons. The maximum atomic E-state index is 12.0. The molecule has 0 amide bonds. The molecule has 0 aliphatic carbocycles. The Balaban J connectivity index is -0.000000372. The minimum atomic E-state index is -5.51. The van der Waals surface area contributed by atoms with Crippen molar-refractivity contribution in [3.05, 3.63) is 0 Å². The molecule has 0 atom stereocenters. The Morgan fingerprint density at radius 3 is 1.27 bits per heavy atom. The van der Waals surface area contributed by atoms with Crippen LogP contribution in [0.4, 0.5) is 66.1 Å². The molecule has 5 nitrogen and oxygen atoms in total. The summed E-state index contributed by atoms with van der Waals surface area (Å²) in [5.41, 5.74) is 0. The predicted octanol–water partition coefficient (Wildman–Crippen LogP) is 5.16. The van der Waals surface area contributed by atoms with Gasteiger partial charge in [0.05, 0.1) is 7.11 Å². The number of hydrogen-bond donors (Lipinski definition) is 0. The molecular formula is C10H7F15O5. The molecule has 0 saturated carbocycles. The Bertz CT molecular complexity index is 527. The molecule has 0 aromatic rings. The van der Waals surface area contributed by atoms with E-state index in [0.29, 0.717) is 7.11 Å². The van der Waals surface area contributed by atoms with Crippen molar-refractivity contribution in [2.24, 2.45) is 0 Å². The van der Waals surface area contributed by atoms with Crippen LogP contribution in [-0.2, 0) is 24.2 Å². The molecule has 0 heterocycles. The first-order valence-corrected chi connectivity index (χ1v) is 6.11. The Hall–Kier alpha value is -1.99. The molecule has 0 aromatic carbocycles. The first-order chi connectivity index (χ1) is 13.0. The highest BCUT2D eigenvalue weighted by molar-refractivity contribution is 5.78. The highest BCUT2D eigenvalue weighted by Gasteiger charge is 2.66. The summed E-state index contributed by atoms with van der Waals surface area (Å²) in [6.45, 7) is 0. The Labute approximate surface area is 154 Å². The van der Waals surface area contributed by atoms with E-state index in [9.17, 15) is 70.9 Å². The van der Waals surface area contributed by atoms with Gasteiger partial charge in [-0.15, -0.1) is 9.88 Å². The SMILES string of the molecule is COC(=O)C(F)(F)C(F)(F)OF.FOC(F)(F)CC(F)(F)F.O=C(F)CC(F)(F)F. The van der Waals surface area contributed by atoms with E-state index in [1.165, 1.54) is 0 Å². The van der Waals surface area contributed by atoms with Crippen LogP contribution >= 0.6 is 0 Å². The van der Waals surface area contributed by atoms with Gasteiger partial charge in [0.15, 0.2) is 0 Å². The number of carbonyl (C=O) groups is 2. The zero-order chi connectivity index (χ0) is 25.2. The summed E-state index contributed by atoms with van der Waals surface area (Å²) in [7, 11) is 0.449. The van der Waals surface area contributed by atoms with Crippen LogP contribution in [0, 0.1) is 0 Å². The highest BCUT2D eigenvalue weighted by atomic mass is 19.4. The number of methoxy groups -OCH3 is 1. The molecule has 0 spiro atoms. The molecular weight excluding hydrogens is 485 g/mol. The number of hydrogen-bond acceptors (Lipinski definition) is 5. The van der Waals surface area contributed by atoms with Crippen molar-refractivity contribution in [1.29, 1.82) is 0 Å². The summed E-state index contributed by atoms with van der Waals surface area (Å²) in [4.78, 5) is 22.4. The number of alkyl halides is 12. The van der Waals surface area contributed by atoms with Gasteiger partial charge in [0.1, 0.15) is 12.8 Å². The van der Waals surface area contributed by atoms with Crippen LogP contribution in [0.15, 0.2) is 0 Å². The van der Waals surface area contributed by atoms with E-state index in [2.05, 4.69) is 4.74 Å². The van der Waals surface area contributed by atoms with Gasteiger partial charge in [0, 0.05) is 0 Å². The fourth-order valence-electron chi connectivity index (χ4n) is 0.714. The van der Waals surface area contributed by atoms with Gasteiger partial charge in [-0.1, -0.05) is 0 Å². The maximum absolute atomic E-state index is 12.0. The van der Waals surface area contributed by atoms with Crippen LogP contribution in [0.2, 0.25) is 0 Å². The van der Waals surface area contributed by atoms with Gasteiger partial charge in [-0.3, -0.25) is 4.79 Å². The summed E-state index contributed by atoms with van der Waals surface area (Å²) in [6.07, 6.45) is -24.7. The third-order valence-electron chi connectivity index (χ3n) is 1.76. The largest absolute Gasteiger partial charge is 0.464 e. The Morgan fingerprint density at radius 1 is 0.733 bits per heavy atom. The number of rotatable bonds is 6. The fourth-order valence-corrected chi connectivity index (χ4v) is 0.714. The van der Waals surface area contributed by atoms with Crippen molar-refractivity contribution in [1.82, 2.24) is 0 Å². The molecule has 0 unspecified atom stereocenters. The van der Waals surface area contributed by atoms with E-state index in [1.807, 2.05) is 0 Å². The lowest BCUT2D eigenvalue weighted by molar-refractivity contribution is -0.415. The molecule has 0 fully saturated rings. The van der Waals surface area contributed by atoms with E-state index in [1.54, 1.807) is 9.88 Å². The van der Waals surface area contributed by atoms with Crippen molar-refractivity contribution >= 4 is 12.0 Å². The van der Waals surface area contributed by atoms with Gasteiger partial charge in [-0.05, 0) is 9.05 Å². The quantitative estimate of drug-likeness (QED) is 0.292. The molecule has 30 heavy (non-hydrogen) atoms. The maximum Gasteiger partial charge on any atom is 0.461 e. The summed E-state index contributed by atoms with van der Waals surface area (Å²) < 4.78 is 171. The van der Waals surface area contributed by atoms with Crippen LogP contribution in [0.3, 0.4) is 0 Å². The van der Waals surface area contributed by atoms with Crippen molar-refractivity contribution in [3.63, 3.8) is 0 Å². The molecule has 0 bridgehead atoms. The normalized spacial score (nSPS) is 12.8. The van der Waals surface area contributed by atoms with E-state index in [-0.39, 0.29) is 0 Å². The lowest BCUT2D eigenvalue weighted by Crippen LogP contribution is -2.48. The smallest absolute Gasteiger partial charge is 0.461 e. The van der Waals surface area contributed by atoms with Crippen LogP contribution in [0.1, 0.15) is 12.8 Å². The van der Waals surface area contributed by atoms with Crippen LogP contribution in [0.5, 0.6) is 0 Å². The molecule has 0 saturated heterocycles. The van der Waals surface area contributed by atoms with E-state index in [4.69, 9.17) is 4.79 Å². The minimum absolute atomic E-state index is 0.449. The van der Waals surface area contributed by atoms with Gasteiger partial charge in [0.2, 0.25) is 0 Å². The molecule has 0 aromatic heterocycles. The van der Waals surface area contributed by atoms with E-state index < -0.39 is 55.3 Å². The number of carbonyl (C=O) groups excluding carboxylic acids is 2. The highest BCUT2D eigenvalue weighted by Crippen LogP contribution is 2.36. The second-order valence-electron chi connectivity index (χ2n) is 4.31. The molecule has 0 rings (SSSR count). The lowest BCUT2D eigenvalue weighted by atomic mass is 10.3. The van der Waals surface area contributed by atoms with Crippen molar-refractivity contribution in [2.75, 3.05) is 7.11 Å². The minimum Gasteiger partial charge on any atom is -0.464 e. The topological polar surface area (TPSA) is 61.8 Å². The zero-order valence-corrected chi connectivity index (χ0v) is 13.6. The van der Waals surface area contributed by atoms with Crippen LogP contribution < -0.4 is 0 Å². The average Bonchev–Trinajstić information content (AvgIpc) is 2.50. The zero-order valence-electron chi connectivity index (χ0n) is 13.6. The Morgan fingerprint density at radius 2 is 1.13 bits per heavy atom. The fraction of sp³-hybridized carbons (Fsp3) is 0.800. The first kappa shape index (κ1) is 32.7. The molecule has 0 aliphatic heterocycles. The first-order valence-electron chi connectivity index (χ1n) is 6.11.